The summed E-state index contributed by atoms with van der Waals surface area (Å²) in [5, 5.41) is 15.5. The Balaban J connectivity index is 1.39. The summed E-state index contributed by atoms with van der Waals surface area (Å²) in [5.41, 5.74) is 1.21. The molecule has 1 aromatic heterocycles. The standard InChI is InChI=1S/C28H33FN6O5/c1-38-22-12-8-20(9-13-22)27-31-33-35(32-27)18-25(36)34(17-24-5-3-15-40-24)26(19-6-10-21(29)11-7-19)28(37)30-16-23-4-2-14-39-23/h6-13,23-24,26H,2-5,14-18H2,1H3,(H,30,37)/t23-,24-,26+/m0/s1. The Bertz CT molecular complexity index is 1270. The molecular weight excluding hydrogens is 519 g/mol. The van der Waals surface area contributed by atoms with Crippen LogP contribution in [0.4, 0.5) is 4.39 Å². The van der Waals surface area contributed by atoms with Gasteiger partial charge < -0.3 is 24.4 Å². The number of carbonyl (C=O) groups excluding carboxylic acids is 2. The van der Waals surface area contributed by atoms with E-state index in [0.29, 0.717) is 42.5 Å². The lowest BCUT2D eigenvalue weighted by atomic mass is 10.0. The minimum Gasteiger partial charge on any atom is -0.497 e. The molecule has 0 bridgehead atoms. The van der Waals surface area contributed by atoms with E-state index in [1.54, 1.807) is 31.4 Å². The molecule has 212 valence electrons. The number of aromatic nitrogens is 4. The summed E-state index contributed by atoms with van der Waals surface area (Å²) in [4.78, 5) is 30.1. The number of hydrogen-bond donors (Lipinski definition) is 1. The number of halogens is 1. The normalized spacial score (nSPS) is 19.4. The fourth-order valence-electron chi connectivity index (χ4n) is 4.97. The molecule has 11 nitrogen and oxygen atoms in total. The van der Waals surface area contributed by atoms with E-state index in [4.69, 9.17) is 14.2 Å². The average Bonchev–Trinajstić information content (AvgIpc) is 3.76. The first-order valence-corrected chi connectivity index (χ1v) is 13.5. The van der Waals surface area contributed by atoms with Gasteiger partial charge in [0.05, 0.1) is 19.3 Å². The van der Waals surface area contributed by atoms with Crippen molar-refractivity contribution in [2.45, 2.75) is 50.5 Å². The van der Waals surface area contributed by atoms with Crippen molar-refractivity contribution in [3.05, 3.63) is 59.9 Å². The van der Waals surface area contributed by atoms with Crippen molar-refractivity contribution in [2.75, 3.05) is 33.4 Å². The number of carbonyl (C=O) groups is 2. The molecule has 2 aliphatic rings. The van der Waals surface area contributed by atoms with Crippen molar-refractivity contribution in [1.29, 1.82) is 0 Å². The van der Waals surface area contributed by atoms with Crippen LogP contribution >= 0.6 is 0 Å². The Labute approximate surface area is 231 Å². The topological polar surface area (TPSA) is 121 Å². The van der Waals surface area contributed by atoms with Gasteiger partial charge >= 0.3 is 0 Å². The maximum atomic E-state index is 13.8. The van der Waals surface area contributed by atoms with Gasteiger partial charge in [-0.2, -0.15) is 4.80 Å². The quantitative estimate of drug-likeness (QED) is 0.385. The molecule has 0 spiro atoms. The van der Waals surface area contributed by atoms with E-state index in [2.05, 4.69) is 20.7 Å². The van der Waals surface area contributed by atoms with E-state index in [1.165, 1.54) is 34.0 Å². The number of methoxy groups -OCH3 is 1. The van der Waals surface area contributed by atoms with Gasteiger partial charge in [0.15, 0.2) is 0 Å². The first kappa shape index (κ1) is 27.7. The number of nitrogens with zero attached hydrogens (tertiary/aromatic N) is 5. The number of amides is 2. The molecule has 0 radical (unpaired) electrons. The molecule has 2 amide bonds. The maximum absolute atomic E-state index is 13.8. The highest BCUT2D eigenvalue weighted by Gasteiger charge is 2.35. The summed E-state index contributed by atoms with van der Waals surface area (Å²) >= 11 is 0. The maximum Gasteiger partial charge on any atom is 0.247 e. The minimum absolute atomic E-state index is 0.0733. The Morgan fingerprint density at radius 3 is 2.42 bits per heavy atom. The fourth-order valence-corrected chi connectivity index (χ4v) is 4.97. The van der Waals surface area contributed by atoms with Crippen LogP contribution < -0.4 is 10.1 Å². The summed E-state index contributed by atoms with van der Waals surface area (Å²) in [6.07, 6.45) is 3.13. The molecule has 12 heteroatoms. The van der Waals surface area contributed by atoms with Gasteiger partial charge in [-0.15, -0.1) is 10.2 Å². The summed E-state index contributed by atoms with van der Waals surface area (Å²) < 4.78 is 30.5. The molecule has 0 aliphatic carbocycles. The molecule has 40 heavy (non-hydrogen) atoms. The van der Waals surface area contributed by atoms with Gasteiger partial charge in [0.25, 0.3) is 0 Å². The van der Waals surface area contributed by atoms with Gasteiger partial charge in [-0.1, -0.05) is 12.1 Å². The Morgan fingerprint density at radius 1 is 1.07 bits per heavy atom. The summed E-state index contributed by atoms with van der Waals surface area (Å²) in [7, 11) is 1.58. The molecular formula is C28H33FN6O5. The third kappa shape index (κ3) is 6.80. The lowest BCUT2D eigenvalue weighted by Gasteiger charge is -2.33. The van der Waals surface area contributed by atoms with Crippen LogP contribution in [0.3, 0.4) is 0 Å². The van der Waals surface area contributed by atoms with Crippen LogP contribution in [0.15, 0.2) is 48.5 Å². The van der Waals surface area contributed by atoms with Crippen LogP contribution in [0.2, 0.25) is 0 Å². The van der Waals surface area contributed by atoms with E-state index < -0.39 is 17.8 Å². The van der Waals surface area contributed by atoms with E-state index in [0.717, 1.165) is 25.7 Å². The highest BCUT2D eigenvalue weighted by Crippen LogP contribution is 2.26. The Morgan fingerprint density at radius 2 is 1.77 bits per heavy atom. The number of tetrazole rings is 1. The van der Waals surface area contributed by atoms with Gasteiger partial charge in [-0.3, -0.25) is 9.59 Å². The highest BCUT2D eigenvalue weighted by molar-refractivity contribution is 5.88. The molecule has 0 saturated carbocycles. The molecule has 0 unspecified atom stereocenters. The largest absolute Gasteiger partial charge is 0.497 e. The molecule has 2 aromatic carbocycles. The lowest BCUT2D eigenvalue weighted by molar-refractivity contribution is -0.143. The second-order valence-corrected chi connectivity index (χ2v) is 9.89. The van der Waals surface area contributed by atoms with Crippen LogP contribution in [-0.4, -0.2) is 82.5 Å². The number of hydrogen-bond acceptors (Lipinski definition) is 8. The predicted octanol–water partition coefficient (Wildman–Crippen LogP) is 2.53. The number of ether oxygens (including phenoxy) is 3. The van der Waals surface area contributed by atoms with Gasteiger partial charge in [0.1, 0.15) is 24.2 Å². The van der Waals surface area contributed by atoms with Crippen molar-refractivity contribution in [1.82, 2.24) is 30.4 Å². The molecule has 5 rings (SSSR count). The summed E-state index contributed by atoms with van der Waals surface area (Å²) in [6, 6.07) is 11.8. The Kier molecular flexibility index (Phi) is 8.97. The average molecular weight is 553 g/mol. The predicted molar refractivity (Wildman–Crippen MR) is 142 cm³/mol. The highest BCUT2D eigenvalue weighted by atomic mass is 19.1. The van der Waals surface area contributed by atoms with Crippen molar-refractivity contribution in [3.63, 3.8) is 0 Å². The van der Waals surface area contributed by atoms with Crippen molar-refractivity contribution in [2.24, 2.45) is 0 Å². The first-order chi connectivity index (χ1) is 19.5. The number of benzene rings is 2. The fraction of sp³-hybridized carbons (Fsp3) is 0.464. The van der Waals surface area contributed by atoms with Crippen molar-refractivity contribution < 1.29 is 28.2 Å². The monoisotopic (exact) mass is 552 g/mol. The smallest absolute Gasteiger partial charge is 0.247 e. The Hall–Kier alpha value is -3.90. The van der Waals surface area contributed by atoms with E-state index in [9.17, 15) is 14.0 Å². The zero-order valence-electron chi connectivity index (χ0n) is 22.4. The second-order valence-electron chi connectivity index (χ2n) is 9.89. The van der Waals surface area contributed by atoms with Crippen LogP contribution in [0.5, 0.6) is 5.75 Å². The van der Waals surface area contributed by atoms with E-state index in [-0.39, 0.29) is 31.2 Å². The third-order valence-corrected chi connectivity index (χ3v) is 7.10. The molecule has 2 fully saturated rings. The van der Waals surface area contributed by atoms with Crippen LogP contribution in [0, 0.1) is 5.82 Å². The molecule has 3 heterocycles. The van der Waals surface area contributed by atoms with Crippen molar-refractivity contribution >= 4 is 11.8 Å². The van der Waals surface area contributed by atoms with Gasteiger partial charge in [0, 0.05) is 31.9 Å². The van der Waals surface area contributed by atoms with E-state index in [1.807, 2.05) is 0 Å². The number of nitrogens with one attached hydrogen (secondary N) is 1. The van der Waals surface area contributed by atoms with Crippen molar-refractivity contribution in [3.8, 4) is 17.1 Å². The minimum atomic E-state index is -1.01. The van der Waals surface area contributed by atoms with Gasteiger partial charge in [0.2, 0.25) is 17.6 Å². The van der Waals surface area contributed by atoms with Gasteiger partial charge in [-0.25, -0.2) is 4.39 Å². The third-order valence-electron chi connectivity index (χ3n) is 7.10. The summed E-state index contributed by atoms with van der Waals surface area (Å²) in [5.74, 6) is -0.155. The van der Waals surface area contributed by atoms with Crippen LogP contribution in [0.25, 0.3) is 11.4 Å². The van der Waals surface area contributed by atoms with Crippen LogP contribution in [0.1, 0.15) is 37.3 Å². The SMILES string of the molecule is COc1ccc(-c2nnn(CC(=O)N(C[C@@H]3CCCO3)[C@@H](C(=O)NC[C@@H]3CCCO3)c3ccc(F)cc3)n2)cc1. The zero-order valence-corrected chi connectivity index (χ0v) is 22.4. The molecule has 2 saturated heterocycles. The lowest BCUT2D eigenvalue weighted by Crippen LogP contribution is -2.48. The second kappa shape index (κ2) is 13.0. The van der Waals surface area contributed by atoms with E-state index >= 15 is 0 Å². The molecule has 1 N–H and O–H groups in total. The molecule has 3 aromatic rings. The molecule has 3 atom stereocenters. The van der Waals surface area contributed by atoms with Crippen LogP contribution in [-0.2, 0) is 25.6 Å². The first-order valence-electron chi connectivity index (χ1n) is 13.5. The number of rotatable bonds is 11. The summed E-state index contributed by atoms with van der Waals surface area (Å²) in [6.45, 7) is 1.53. The van der Waals surface area contributed by atoms with Gasteiger partial charge in [-0.05, 0) is 72.9 Å². The zero-order chi connectivity index (χ0) is 27.9. The molecule has 2 aliphatic heterocycles.